The minimum absolute atomic E-state index is 0.0290. The van der Waals surface area contributed by atoms with Gasteiger partial charge in [0.2, 0.25) is 5.91 Å². The topological polar surface area (TPSA) is 104 Å². The van der Waals surface area contributed by atoms with Crippen molar-refractivity contribution in [3.63, 3.8) is 0 Å². The van der Waals surface area contributed by atoms with Gasteiger partial charge in [-0.25, -0.2) is 4.79 Å². The van der Waals surface area contributed by atoms with E-state index in [0.29, 0.717) is 25.6 Å². The lowest BCUT2D eigenvalue weighted by Gasteiger charge is -2.32. The summed E-state index contributed by atoms with van der Waals surface area (Å²) in [5.74, 6) is 0.649. The van der Waals surface area contributed by atoms with Gasteiger partial charge in [0.05, 0.1) is 12.1 Å². The first kappa shape index (κ1) is 26.0. The van der Waals surface area contributed by atoms with Gasteiger partial charge >= 0.3 is 6.09 Å². The number of ether oxygens (including phenoxy) is 1. The lowest BCUT2D eigenvalue weighted by atomic mass is 9.93. The zero-order valence-electron chi connectivity index (χ0n) is 19.0. The van der Waals surface area contributed by atoms with E-state index in [1.54, 1.807) is 0 Å². The van der Waals surface area contributed by atoms with Crippen molar-refractivity contribution in [1.82, 2.24) is 21.3 Å². The van der Waals surface area contributed by atoms with Crippen molar-refractivity contribution in [3.8, 4) is 0 Å². The van der Waals surface area contributed by atoms with Crippen LogP contribution in [0.1, 0.15) is 68.2 Å². The van der Waals surface area contributed by atoms with Crippen molar-refractivity contribution in [1.29, 1.82) is 0 Å². The summed E-state index contributed by atoms with van der Waals surface area (Å²) < 4.78 is 5.40. The van der Waals surface area contributed by atoms with E-state index in [-0.39, 0.29) is 11.8 Å². The third-order valence-corrected chi connectivity index (χ3v) is 4.24. The molecule has 0 saturated heterocycles. The molecule has 2 amide bonds. The molecule has 0 aliphatic carbocycles. The molecule has 0 aliphatic heterocycles. The number of nitrogens with zero attached hydrogens (tertiary/aromatic N) is 1. The van der Waals surface area contributed by atoms with Crippen molar-refractivity contribution in [2.75, 3.05) is 26.2 Å². The van der Waals surface area contributed by atoms with Crippen LogP contribution in [-0.2, 0) is 9.53 Å². The molecule has 8 heteroatoms. The maximum Gasteiger partial charge on any atom is 0.408 e. The lowest BCUT2D eigenvalue weighted by Crippen LogP contribution is -2.52. The predicted octanol–water partition coefficient (Wildman–Crippen LogP) is 2.40. The van der Waals surface area contributed by atoms with E-state index in [9.17, 15) is 9.59 Å². The Morgan fingerprint density at radius 3 is 2.00 bits per heavy atom. The maximum absolute atomic E-state index is 12.2. The van der Waals surface area contributed by atoms with E-state index in [2.05, 4.69) is 26.3 Å². The summed E-state index contributed by atoms with van der Waals surface area (Å²) in [6.07, 6.45) is 1.03. The number of alkyl carbamates (subject to hydrolysis) is 1. The Balaban J connectivity index is 4.89. The molecule has 0 rings (SSSR count). The molecule has 0 heterocycles. The van der Waals surface area contributed by atoms with Gasteiger partial charge in [-0.2, -0.15) is 0 Å². The standard InChI is InChI=1S/C20H41N5O3/c1-9-20(10-2,25-18(27)28-19(6,7)8)14-24-17(21-11-3)23-13-12-22-16(26)15(4)5/h15H,9-14H2,1-8H3,(H,22,26)(H,25,27)(H2,21,23,24). The Bertz CT molecular complexity index is 508. The molecule has 0 unspecified atom stereocenters. The fourth-order valence-electron chi connectivity index (χ4n) is 2.35. The Labute approximate surface area is 170 Å². The third kappa shape index (κ3) is 11.0. The van der Waals surface area contributed by atoms with Crippen LogP contribution in [0, 0.1) is 5.92 Å². The van der Waals surface area contributed by atoms with Gasteiger partial charge in [-0.1, -0.05) is 27.7 Å². The molecule has 0 radical (unpaired) electrons. The van der Waals surface area contributed by atoms with Gasteiger partial charge in [0.1, 0.15) is 5.60 Å². The molecule has 0 saturated carbocycles. The zero-order valence-corrected chi connectivity index (χ0v) is 19.0. The Morgan fingerprint density at radius 1 is 0.964 bits per heavy atom. The van der Waals surface area contributed by atoms with Crippen LogP contribution in [0.3, 0.4) is 0 Å². The van der Waals surface area contributed by atoms with Gasteiger partial charge in [0.25, 0.3) is 0 Å². The Hall–Kier alpha value is -1.99. The third-order valence-electron chi connectivity index (χ3n) is 4.24. The molecule has 0 aromatic rings. The van der Waals surface area contributed by atoms with Gasteiger partial charge < -0.3 is 26.0 Å². The van der Waals surface area contributed by atoms with Gasteiger partial charge in [-0.05, 0) is 40.5 Å². The van der Waals surface area contributed by atoms with Crippen LogP contribution in [0.15, 0.2) is 4.99 Å². The first-order valence-electron chi connectivity index (χ1n) is 10.3. The van der Waals surface area contributed by atoms with Crippen LogP contribution >= 0.6 is 0 Å². The summed E-state index contributed by atoms with van der Waals surface area (Å²) in [6, 6.07) is 0. The van der Waals surface area contributed by atoms with Crippen molar-refractivity contribution < 1.29 is 14.3 Å². The first-order valence-corrected chi connectivity index (χ1v) is 10.3. The molecule has 164 valence electrons. The summed E-state index contributed by atoms with van der Waals surface area (Å²) in [5, 5.41) is 12.3. The second kappa shape index (κ2) is 12.5. The highest BCUT2D eigenvalue weighted by Gasteiger charge is 2.30. The highest BCUT2D eigenvalue weighted by atomic mass is 16.6. The monoisotopic (exact) mass is 399 g/mol. The van der Waals surface area contributed by atoms with E-state index < -0.39 is 17.2 Å². The number of amides is 2. The second-order valence-corrected chi connectivity index (χ2v) is 8.18. The van der Waals surface area contributed by atoms with Gasteiger partial charge in [0, 0.05) is 25.6 Å². The normalized spacial score (nSPS) is 12.5. The SMILES string of the molecule is CCNC(=NCC(CC)(CC)NC(=O)OC(C)(C)C)NCCNC(=O)C(C)C. The quantitative estimate of drug-likeness (QED) is 0.257. The molecule has 0 aromatic heterocycles. The largest absolute Gasteiger partial charge is 0.444 e. The molecule has 28 heavy (non-hydrogen) atoms. The van der Waals surface area contributed by atoms with Crippen LogP contribution in [0.2, 0.25) is 0 Å². The van der Waals surface area contributed by atoms with Crippen molar-refractivity contribution in [3.05, 3.63) is 0 Å². The highest BCUT2D eigenvalue weighted by Crippen LogP contribution is 2.17. The number of carbonyl (C=O) groups excluding carboxylic acids is 2. The zero-order chi connectivity index (χ0) is 21.8. The molecule has 0 fully saturated rings. The van der Waals surface area contributed by atoms with Crippen LogP contribution in [0.4, 0.5) is 4.79 Å². The number of guanidine groups is 1. The molecule has 0 spiro atoms. The molecule has 0 aromatic carbocycles. The van der Waals surface area contributed by atoms with Crippen LogP contribution in [0.25, 0.3) is 0 Å². The fraction of sp³-hybridized carbons (Fsp3) is 0.850. The van der Waals surface area contributed by atoms with Crippen molar-refractivity contribution >= 4 is 18.0 Å². The number of hydrogen-bond donors (Lipinski definition) is 4. The van der Waals surface area contributed by atoms with Crippen LogP contribution in [0.5, 0.6) is 0 Å². The van der Waals surface area contributed by atoms with Crippen molar-refractivity contribution in [2.24, 2.45) is 10.9 Å². The average molecular weight is 400 g/mol. The second-order valence-electron chi connectivity index (χ2n) is 8.18. The number of carbonyl (C=O) groups is 2. The highest BCUT2D eigenvalue weighted by molar-refractivity contribution is 5.80. The number of hydrogen-bond acceptors (Lipinski definition) is 4. The molecule has 0 atom stereocenters. The summed E-state index contributed by atoms with van der Waals surface area (Å²) in [4.78, 5) is 28.5. The summed E-state index contributed by atoms with van der Waals surface area (Å²) in [5.41, 5.74) is -1.02. The van der Waals surface area contributed by atoms with Gasteiger partial charge in [-0.3, -0.25) is 9.79 Å². The summed E-state index contributed by atoms with van der Waals surface area (Å²) >= 11 is 0. The smallest absolute Gasteiger partial charge is 0.408 e. The van der Waals surface area contributed by atoms with Crippen LogP contribution in [-0.4, -0.2) is 55.3 Å². The Morgan fingerprint density at radius 2 is 1.54 bits per heavy atom. The minimum Gasteiger partial charge on any atom is -0.444 e. The Kier molecular flexibility index (Phi) is 11.6. The first-order chi connectivity index (χ1) is 13.0. The number of aliphatic imine (C=N–C) groups is 1. The molecule has 4 N–H and O–H groups in total. The molecular formula is C20H41N5O3. The van der Waals surface area contributed by atoms with Crippen molar-refractivity contribution in [2.45, 2.75) is 79.4 Å². The average Bonchev–Trinajstić information content (AvgIpc) is 2.59. The van der Waals surface area contributed by atoms with E-state index in [0.717, 1.165) is 19.4 Å². The van der Waals surface area contributed by atoms with E-state index in [1.165, 1.54) is 0 Å². The van der Waals surface area contributed by atoms with Crippen LogP contribution < -0.4 is 21.3 Å². The molecule has 0 bridgehead atoms. The van der Waals surface area contributed by atoms with Gasteiger partial charge in [-0.15, -0.1) is 0 Å². The van der Waals surface area contributed by atoms with E-state index in [4.69, 9.17) is 4.74 Å². The fourth-order valence-corrected chi connectivity index (χ4v) is 2.35. The molecule has 8 nitrogen and oxygen atoms in total. The van der Waals surface area contributed by atoms with E-state index in [1.807, 2.05) is 55.4 Å². The van der Waals surface area contributed by atoms with E-state index >= 15 is 0 Å². The summed E-state index contributed by atoms with van der Waals surface area (Å²) in [6.45, 7) is 17.5. The summed E-state index contributed by atoms with van der Waals surface area (Å²) in [7, 11) is 0. The predicted molar refractivity (Wildman–Crippen MR) is 115 cm³/mol. The number of nitrogens with one attached hydrogen (secondary N) is 4. The van der Waals surface area contributed by atoms with Gasteiger partial charge in [0.15, 0.2) is 5.96 Å². The number of rotatable bonds is 10. The lowest BCUT2D eigenvalue weighted by molar-refractivity contribution is -0.123. The molecular weight excluding hydrogens is 358 g/mol. The molecule has 0 aliphatic rings. The maximum atomic E-state index is 12.2. The minimum atomic E-state index is -0.544.